The largest absolute Gasteiger partial charge is 0.377 e. The first-order chi connectivity index (χ1) is 9.28. The smallest absolute Gasteiger partial charge is 0.0702 e. The van der Waals surface area contributed by atoms with Crippen molar-refractivity contribution in [2.45, 2.75) is 38.5 Å². The number of aromatic nitrogens is 1. The van der Waals surface area contributed by atoms with Gasteiger partial charge >= 0.3 is 0 Å². The van der Waals surface area contributed by atoms with E-state index in [1.165, 1.54) is 24.8 Å². The van der Waals surface area contributed by atoms with Crippen LogP contribution >= 0.6 is 0 Å². The molecule has 1 aromatic heterocycles. The third-order valence-corrected chi connectivity index (χ3v) is 3.49. The Kier molecular flexibility index (Phi) is 5.76. The van der Waals surface area contributed by atoms with Gasteiger partial charge in [0, 0.05) is 32.4 Å². The summed E-state index contributed by atoms with van der Waals surface area (Å²) in [5, 5.41) is 3.13. The predicted octanol–water partition coefficient (Wildman–Crippen LogP) is 1.80. The molecule has 106 valence electrons. The van der Waals surface area contributed by atoms with Crippen LogP contribution in [-0.2, 0) is 17.8 Å². The number of hydrogen-bond donors (Lipinski definition) is 1. The summed E-state index contributed by atoms with van der Waals surface area (Å²) >= 11 is 0. The van der Waals surface area contributed by atoms with E-state index < -0.39 is 0 Å². The molecule has 0 bridgehead atoms. The first-order valence-electron chi connectivity index (χ1n) is 7.16. The maximum absolute atomic E-state index is 5.77. The molecular formula is C15H25N3O. The number of nitrogens with one attached hydrogen (secondary N) is 1. The summed E-state index contributed by atoms with van der Waals surface area (Å²) in [7, 11) is 4.09. The lowest BCUT2D eigenvalue weighted by Gasteiger charge is -2.27. The van der Waals surface area contributed by atoms with Crippen LogP contribution < -0.4 is 5.32 Å². The Morgan fingerprint density at radius 1 is 1.42 bits per heavy atom. The molecule has 0 spiro atoms. The highest BCUT2D eigenvalue weighted by Gasteiger charge is 2.16. The average Bonchev–Trinajstić information content (AvgIpc) is 2.42. The quantitative estimate of drug-likeness (QED) is 0.849. The molecule has 1 fully saturated rings. The molecule has 0 saturated carbocycles. The lowest BCUT2D eigenvalue weighted by molar-refractivity contribution is -0.00274. The number of rotatable bonds is 6. The second-order valence-electron chi connectivity index (χ2n) is 5.37. The molecule has 1 saturated heterocycles. The van der Waals surface area contributed by atoms with E-state index in [2.05, 4.69) is 34.4 Å². The van der Waals surface area contributed by atoms with Crippen LogP contribution in [0.25, 0.3) is 0 Å². The first kappa shape index (κ1) is 14.4. The van der Waals surface area contributed by atoms with Crippen LogP contribution in [0.4, 0.5) is 0 Å². The van der Waals surface area contributed by atoms with Gasteiger partial charge in [-0.3, -0.25) is 9.88 Å². The minimum Gasteiger partial charge on any atom is -0.377 e. The molecule has 1 N–H and O–H groups in total. The Hall–Kier alpha value is -0.970. The molecule has 4 heteroatoms. The van der Waals surface area contributed by atoms with Gasteiger partial charge in [0.05, 0.1) is 11.8 Å². The van der Waals surface area contributed by atoms with Gasteiger partial charge in [-0.05, 0) is 45.0 Å². The topological polar surface area (TPSA) is 37.4 Å². The lowest BCUT2D eigenvalue weighted by Crippen LogP contribution is -2.33. The molecule has 19 heavy (non-hydrogen) atoms. The van der Waals surface area contributed by atoms with Crippen LogP contribution in [0, 0.1) is 0 Å². The minimum atomic E-state index is 0.405. The summed E-state index contributed by atoms with van der Waals surface area (Å²) in [5.74, 6) is 0. The SMILES string of the molecule is CNCc1ccc(CN(C)CC2CCCCO2)nc1. The van der Waals surface area contributed by atoms with E-state index in [4.69, 9.17) is 4.74 Å². The van der Waals surface area contributed by atoms with Gasteiger partial charge in [-0.15, -0.1) is 0 Å². The van der Waals surface area contributed by atoms with Crippen molar-refractivity contribution in [2.75, 3.05) is 27.2 Å². The first-order valence-corrected chi connectivity index (χ1v) is 7.16. The molecule has 1 aliphatic rings. The fourth-order valence-electron chi connectivity index (χ4n) is 2.50. The van der Waals surface area contributed by atoms with Crippen LogP contribution in [0.2, 0.25) is 0 Å². The Labute approximate surface area is 116 Å². The summed E-state index contributed by atoms with van der Waals surface area (Å²) < 4.78 is 5.77. The van der Waals surface area contributed by atoms with Gasteiger partial charge in [0.2, 0.25) is 0 Å². The minimum absolute atomic E-state index is 0.405. The Balaban J connectivity index is 1.78. The van der Waals surface area contributed by atoms with Crippen molar-refractivity contribution in [3.63, 3.8) is 0 Å². The van der Waals surface area contributed by atoms with E-state index in [1.54, 1.807) is 0 Å². The fraction of sp³-hybridized carbons (Fsp3) is 0.667. The maximum atomic E-state index is 5.77. The van der Waals surface area contributed by atoms with Crippen LogP contribution in [0.5, 0.6) is 0 Å². The molecule has 0 aliphatic carbocycles. The van der Waals surface area contributed by atoms with Crippen molar-refractivity contribution in [3.8, 4) is 0 Å². The monoisotopic (exact) mass is 263 g/mol. The number of ether oxygens (including phenoxy) is 1. The molecule has 2 rings (SSSR count). The second kappa shape index (κ2) is 7.58. The normalized spacial score (nSPS) is 19.8. The summed E-state index contributed by atoms with van der Waals surface area (Å²) in [5.41, 5.74) is 2.35. The van der Waals surface area contributed by atoms with E-state index in [9.17, 15) is 0 Å². The Morgan fingerprint density at radius 2 is 2.32 bits per heavy atom. The van der Waals surface area contributed by atoms with E-state index in [0.29, 0.717) is 6.10 Å². The average molecular weight is 263 g/mol. The molecule has 2 heterocycles. The molecular weight excluding hydrogens is 238 g/mol. The van der Waals surface area contributed by atoms with Gasteiger partial charge in [0.25, 0.3) is 0 Å². The molecule has 4 nitrogen and oxygen atoms in total. The van der Waals surface area contributed by atoms with Crippen molar-refractivity contribution in [1.82, 2.24) is 15.2 Å². The van der Waals surface area contributed by atoms with Gasteiger partial charge in [0.15, 0.2) is 0 Å². The lowest BCUT2D eigenvalue weighted by atomic mass is 10.1. The summed E-state index contributed by atoms with van der Waals surface area (Å²) in [6.45, 7) is 3.69. The molecule has 1 aliphatic heterocycles. The van der Waals surface area contributed by atoms with Gasteiger partial charge in [0.1, 0.15) is 0 Å². The van der Waals surface area contributed by atoms with Crippen molar-refractivity contribution in [2.24, 2.45) is 0 Å². The van der Waals surface area contributed by atoms with Gasteiger partial charge in [-0.1, -0.05) is 6.07 Å². The summed E-state index contributed by atoms with van der Waals surface area (Å²) in [4.78, 5) is 6.81. The van der Waals surface area contributed by atoms with Crippen LogP contribution in [0.3, 0.4) is 0 Å². The van der Waals surface area contributed by atoms with E-state index >= 15 is 0 Å². The standard InChI is InChI=1S/C15H25N3O/c1-16-9-13-6-7-14(17-10-13)11-18(2)12-15-5-3-4-8-19-15/h6-7,10,15-16H,3-5,8-9,11-12H2,1-2H3. The summed E-state index contributed by atoms with van der Waals surface area (Å²) in [6, 6.07) is 4.26. The Bertz CT molecular complexity index is 360. The molecule has 1 unspecified atom stereocenters. The molecule has 1 atom stereocenters. The number of nitrogens with zero attached hydrogens (tertiary/aromatic N) is 2. The number of likely N-dealkylation sites (N-methyl/N-ethyl adjacent to an activating group) is 1. The fourth-order valence-corrected chi connectivity index (χ4v) is 2.50. The van der Waals surface area contributed by atoms with E-state index in [-0.39, 0.29) is 0 Å². The van der Waals surface area contributed by atoms with Crippen molar-refractivity contribution in [3.05, 3.63) is 29.6 Å². The summed E-state index contributed by atoms with van der Waals surface area (Å²) in [6.07, 6.45) is 6.07. The van der Waals surface area contributed by atoms with Crippen LogP contribution in [-0.4, -0.2) is 43.2 Å². The Morgan fingerprint density at radius 3 is 2.95 bits per heavy atom. The maximum Gasteiger partial charge on any atom is 0.0702 e. The van der Waals surface area contributed by atoms with Gasteiger partial charge in [-0.25, -0.2) is 0 Å². The van der Waals surface area contributed by atoms with E-state index in [0.717, 1.165) is 31.9 Å². The van der Waals surface area contributed by atoms with Crippen molar-refractivity contribution < 1.29 is 4.74 Å². The van der Waals surface area contributed by atoms with Crippen LogP contribution in [0.15, 0.2) is 18.3 Å². The van der Waals surface area contributed by atoms with Gasteiger partial charge < -0.3 is 10.1 Å². The zero-order valence-corrected chi connectivity index (χ0v) is 12.1. The highest BCUT2D eigenvalue weighted by atomic mass is 16.5. The zero-order chi connectivity index (χ0) is 13.5. The van der Waals surface area contributed by atoms with E-state index in [1.807, 2.05) is 13.2 Å². The molecule has 0 radical (unpaired) electrons. The molecule has 0 aromatic carbocycles. The number of pyridine rings is 1. The highest BCUT2D eigenvalue weighted by molar-refractivity contribution is 5.13. The third-order valence-electron chi connectivity index (χ3n) is 3.49. The van der Waals surface area contributed by atoms with Crippen molar-refractivity contribution in [1.29, 1.82) is 0 Å². The van der Waals surface area contributed by atoms with Crippen molar-refractivity contribution >= 4 is 0 Å². The van der Waals surface area contributed by atoms with Gasteiger partial charge in [-0.2, -0.15) is 0 Å². The zero-order valence-electron chi connectivity index (χ0n) is 12.1. The molecule has 1 aromatic rings. The predicted molar refractivity (Wildman–Crippen MR) is 76.9 cm³/mol. The van der Waals surface area contributed by atoms with Crippen LogP contribution in [0.1, 0.15) is 30.5 Å². The third kappa shape index (κ3) is 4.90. The molecule has 0 amide bonds. The highest BCUT2D eigenvalue weighted by Crippen LogP contribution is 2.14. The number of hydrogen-bond acceptors (Lipinski definition) is 4. The second-order valence-corrected chi connectivity index (χ2v) is 5.37.